The maximum absolute atomic E-state index is 13.4. The lowest BCUT2D eigenvalue weighted by molar-refractivity contribution is -0.116. The van der Waals surface area contributed by atoms with E-state index in [9.17, 15) is 14.0 Å². The van der Waals surface area contributed by atoms with Crippen molar-refractivity contribution in [3.05, 3.63) is 53.6 Å². The monoisotopic (exact) mass is 276 g/mol. The van der Waals surface area contributed by atoms with Crippen LogP contribution in [0.5, 0.6) is 0 Å². The molecule has 6 heteroatoms. The second-order valence-corrected chi connectivity index (χ2v) is 4.31. The highest BCUT2D eigenvalue weighted by molar-refractivity contribution is 5.92. The van der Waals surface area contributed by atoms with E-state index in [1.807, 2.05) is 0 Å². The first-order valence-electron chi connectivity index (χ1n) is 5.92. The Labute approximate surface area is 114 Å². The van der Waals surface area contributed by atoms with Crippen molar-refractivity contribution < 1.29 is 19.1 Å². The number of nitrogens with zero attached hydrogens (tertiary/aromatic N) is 1. The van der Waals surface area contributed by atoms with Gasteiger partial charge in [-0.25, -0.2) is 9.18 Å². The predicted octanol–water partition coefficient (Wildman–Crippen LogP) is 2.27. The van der Waals surface area contributed by atoms with E-state index in [1.165, 1.54) is 29.0 Å². The third-order valence-corrected chi connectivity index (χ3v) is 2.83. The number of carboxylic acid groups (broad SMARTS) is 1. The first-order valence-corrected chi connectivity index (χ1v) is 5.92. The molecule has 0 aliphatic heterocycles. The summed E-state index contributed by atoms with van der Waals surface area (Å²) in [4.78, 5) is 22.9. The molecule has 2 N–H and O–H groups in total. The molecule has 0 fully saturated rings. The van der Waals surface area contributed by atoms with Crippen LogP contribution in [0.4, 0.5) is 10.1 Å². The largest absolute Gasteiger partial charge is 0.477 e. The van der Waals surface area contributed by atoms with Gasteiger partial charge < -0.3 is 15.0 Å². The Morgan fingerprint density at radius 1 is 1.30 bits per heavy atom. The summed E-state index contributed by atoms with van der Waals surface area (Å²) < 4.78 is 14.7. The highest BCUT2D eigenvalue weighted by Crippen LogP contribution is 2.14. The highest BCUT2D eigenvalue weighted by Gasteiger charge is 2.15. The van der Waals surface area contributed by atoms with Gasteiger partial charge in [-0.2, -0.15) is 0 Å². The number of carbonyl (C=O) groups is 2. The average molecular weight is 276 g/mol. The molecule has 1 aromatic heterocycles. The number of aromatic nitrogens is 1. The van der Waals surface area contributed by atoms with Crippen LogP contribution >= 0.6 is 0 Å². The van der Waals surface area contributed by atoms with Crippen LogP contribution in [0.15, 0.2) is 36.5 Å². The van der Waals surface area contributed by atoms with Gasteiger partial charge in [0.1, 0.15) is 18.1 Å². The van der Waals surface area contributed by atoms with E-state index in [2.05, 4.69) is 5.32 Å². The van der Waals surface area contributed by atoms with Crippen molar-refractivity contribution in [3.8, 4) is 0 Å². The van der Waals surface area contributed by atoms with Gasteiger partial charge in [0.15, 0.2) is 0 Å². The lowest BCUT2D eigenvalue weighted by Gasteiger charge is -2.09. The van der Waals surface area contributed by atoms with E-state index in [-0.39, 0.29) is 17.9 Å². The number of aromatic carboxylic acids is 1. The number of para-hydroxylation sites is 1. The van der Waals surface area contributed by atoms with Crippen LogP contribution in [0.2, 0.25) is 0 Å². The number of aryl methyl sites for hydroxylation is 1. The van der Waals surface area contributed by atoms with Crippen LogP contribution in [0.1, 0.15) is 16.1 Å². The number of amides is 1. The summed E-state index contributed by atoms with van der Waals surface area (Å²) in [5.41, 5.74) is 0.683. The smallest absolute Gasteiger partial charge is 0.352 e. The lowest BCUT2D eigenvalue weighted by atomic mass is 10.3. The Bertz CT molecular complexity index is 664. The van der Waals surface area contributed by atoms with Crippen LogP contribution in [0, 0.1) is 12.7 Å². The molecule has 2 rings (SSSR count). The SMILES string of the molecule is Cc1ccn(CC(=O)Nc2ccccc2F)c1C(=O)O. The molecule has 1 aromatic carbocycles. The van der Waals surface area contributed by atoms with Gasteiger partial charge in [-0.3, -0.25) is 4.79 Å². The Morgan fingerprint density at radius 2 is 2.00 bits per heavy atom. The van der Waals surface area contributed by atoms with Gasteiger partial charge in [-0.1, -0.05) is 12.1 Å². The maximum Gasteiger partial charge on any atom is 0.352 e. The van der Waals surface area contributed by atoms with Crippen LogP contribution in [-0.2, 0) is 11.3 Å². The first kappa shape index (κ1) is 13.8. The second-order valence-electron chi connectivity index (χ2n) is 4.31. The molecule has 104 valence electrons. The summed E-state index contributed by atoms with van der Waals surface area (Å²) in [6.45, 7) is 1.46. The van der Waals surface area contributed by atoms with Crippen molar-refractivity contribution in [3.63, 3.8) is 0 Å². The number of rotatable bonds is 4. The number of carboxylic acids is 1. The van der Waals surface area contributed by atoms with Crippen molar-refractivity contribution >= 4 is 17.6 Å². The zero-order valence-corrected chi connectivity index (χ0v) is 10.8. The summed E-state index contributed by atoms with van der Waals surface area (Å²) in [6, 6.07) is 7.40. The number of nitrogens with one attached hydrogen (secondary N) is 1. The standard InChI is InChI=1S/C14H13FN2O3/c1-9-6-7-17(13(9)14(19)20)8-12(18)16-11-5-3-2-4-10(11)15/h2-7H,8H2,1H3,(H,16,18)(H,19,20). The topological polar surface area (TPSA) is 71.3 Å². The molecular weight excluding hydrogens is 263 g/mol. The number of hydrogen-bond donors (Lipinski definition) is 2. The van der Waals surface area contributed by atoms with E-state index >= 15 is 0 Å². The van der Waals surface area contributed by atoms with Gasteiger partial charge >= 0.3 is 5.97 Å². The fourth-order valence-electron chi connectivity index (χ4n) is 1.91. The number of benzene rings is 1. The van der Waals surface area contributed by atoms with Crippen molar-refractivity contribution in [1.82, 2.24) is 4.57 Å². The van der Waals surface area contributed by atoms with Gasteiger partial charge in [-0.05, 0) is 30.7 Å². The summed E-state index contributed by atoms with van der Waals surface area (Å²) in [7, 11) is 0. The molecule has 0 aliphatic rings. The minimum absolute atomic E-state index is 0.0497. The molecule has 0 atom stereocenters. The summed E-state index contributed by atoms with van der Waals surface area (Å²) in [6.07, 6.45) is 1.51. The minimum atomic E-state index is -1.11. The molecule has 0 spiro atoms. The summed E-state index contributed by atoms with van der Waals surface area (Å²) in [5.74, 6) is -2.14. The van der Waals surface area contributed by atoms with E-state index in [0.717, 1.165) is 0 Å². The molecule has 0 unspecified atom stereocenters. The zero-order valence-electron chi connectivity index (χ0n) is 10.8. The van der Waals surface area contributed by atoms with Crippen LogP contribution in [-0.4, -0.2) is 21.6 Å². The molecule has 2 aromatic rings. The van der Waals surface area contributed by atoms with Gasteiger partial charge in [0, 0.05) is 6.20 Å². The third kappa shape index (κ3) is 2.85. The van der Waals surface area contributed by atoms with E-state index < -0.39 is 17.7 Å². The average Bonchev–Trinajstić information content (AvgIpc) is 2.73. The quantitative estimate of drug-likeness (QED) is 0.899. The molecular formula is C14H13FN2O3. The molecule has 1 amide bonds. The van der Waals surface area contributed by atoms with Crippen LogP contribution in [0.25, 0.3) is 0 Å². The molecule has 1 heterocycles. The predicted molar refractivity (Wildman–Crippen MR) is 71.2 cm³/mol. The van der Waals surface area contributed by atoms with Crippen molar-refractivity contribution in [1.29, 1.82) is 0 Å². The maximum atomic E-state index is 13.4. The first-order chi connectivity index (χ1) is 9.49. The molecule has 0 bridgehead atoms. The van der Waals surface area contributed by atoms with Gasteiger partial charge in [0.25, 0.3) is 0 Å². The Kier molecular flexibility index (Phi) is 3.84. The molecule has 0 saturated carbocycles. The zero-order chi connectivity index (χ0) is 14.7. The van der Waals surface area contributed by atoms with Crippen molar-refractivity contribution in [2.75, 3.05) is 5.32 Å². The number of halogens is 1. The Balaban J connectivity index is 2.13. The molecule has 20 heavy (non-hydrogen) atoms. The summed E-state index contributed by atoms with van der Waals surface area (Å²) in [5, 5.41) is 11.5. The summed E-state index contributed by atoms with van der Waals surface area (Å²) >= 11 is 0. The Morgan fingerprint density at radius 3 is 2.65 bits per heavy atom. The van der Waals surface area contributed by atoms with Gasteiger partial charge in [0.05, 0.1) is 5.69 Å². The third-order valence-electron chi connectivity index (χ3n) is 2.83. The van der Waals surface area contributed by atoms with Crippen molar-refractivity contribution in [2.24, 2.45) is 0 Å². The highest BCUT2D eigenvalue weighted by atomic mass is 19.1. The van der Waals surface area contributed by atoms with Crippen LogP contribution < -0.4 is 5.32 Å². The van der Waals surface area contributed by atoms with Gasteiger partial charge in [-0.15, -0.1) is 0 Å². The minimum Gasteiger partial charge on any atom is -0.477 e. The molecule has 0 aliphatic carbocycles. The number of hydrogen-bond acceptors (Lipinski definition) is 2. The fraction of sp³-hybridized carbons (Fsp3) is 0.143. The Hall–Kier alpha value is -2.63. The molecule has 5 nitrogen and oxygen atoms in total. The second kappa shape index (κ2) is 5.56. The number of carbonyl (C=O) groups excluding carboxylic acids is 1. The lowest BCUT2D eigenvalue weighted by Crippen LogP contribution is -2.21. The van der Waals surface area contributed by atoms with E-state index in [0.29, 0.717) is 5.56 Å². The van der Waals surface area contributed by atoms with Crippen LogP contribution in [0.3, 0.4) is 0 Å². The molecule has 0 radical (unpaired) electrons. The number of anilines is 1. The normalized spacial score (nSPS) is 10.3. The van der Waals surface area contributed by atoms with Crippen molar-refractivity contribution in [2.45, 2.75) is 13.5 Å². The van der Waals surface area contributed by atoms with E-state index in [4.69, 9.17) is 5.11 Å². The molecule has 0 saturated heterocycles. The fourth-order valence-corrected chi connectivity index (χ4v) is 1.91. The van der Waals surface area contributed by atoms with E-state index in [1.54, 1.807) is 19.1 Å². The van der Waals surface area contributed by atoms with Gasteiger partial charge in [0.2, 0.25) is 5.91 Å².